The molecule has 0 N–H and O–H groups in total. The summed E-state index contributed by atoms with van der Waals surface area (Å²) in [5.74, 6) is -1.19. The highest BCUT2D eigenvalue weighted by atomic mass is 16.2. The third-order valence-corrected chi connectivity index (χ3v) is 5.43. The second-order valence-electron chi connectivity index (χ2n) is 7.61. The number of carbonyl (C=O) groups excluding carboxylic acids is 3. The molecule has 150 valence electrons. The lowest BCUT2D eigenvalue weighted by Gasteiger charge is -2.28. The molecule has 6 heteroatoms. The Bertz CT molecular complexity index is 972. The molecule has 0 aromatic heterocycles. The van der Waals surface area contributed by atoms with Gasteiger partial charge in [0.2, 0.25) is 0 Å². The summed E-state index contributed by atoms with van der Waals surface area (Å²) in [4.78, 5) is 40.0. The van der Waals surface area contributed by atoms with Gasteiger partial charge in [0, 0.05) is 37.9 Å². The maximum Gasteiger partial charge on any atom is 0.333 e. The van der Waals surface area contributed by atoms with E-state index in [0.717, 1.165) is 9.80 Å². The van der Waals surface area contributed by atoms with Gasteiger partial charge in [-0.1, -0.05) is 56.4 Å². The van der Waals surface area contributed by atoms with Crippen molar-refractivity contribution in [2.75, 3.05) is 26.0 Å². The Morgan fingerprint density at radius 1 is 0.759 bits per heavy atom. The van der Waals surface area contributed by atoms with Gasteiger partial charge in [-0.25, -0.2) is 4.79 Å². The summed E-state index contributed by atoms with van der Waals surface area (Å²) < 4.78 is 0. The van der Waals surface area contributed by atoms with Crippen LogP contribution in [0.3, 0.4) is 0 Å². The van der Waals surface area contributed by atoms with Crippen LogP contribution in [0.1, 0.15) is 19.4 Å². The number of carbonyl (C=O) groups is 3. The first-order valence-corrected chi connectivity index (χ1v) is 9.37. The number of nitrogens with zero attached hydrogens (tertiary/aromatic N) is 3. The van der Waals surface area contributed by atoms with Gasteiger partial charge in [-0.15, -0.1) is 0 Å². The summed E-state index contributed by atoms with van der Waals surface area (Å²) in [6, 6.07) is 7.73. The van der Waals surface area contributed by atoms with E-state index in [1.54, 1.807) is 12.2 Å². The number of urea groups is 1. The molecule has 0 atom stereocenters. The molecular weight excluding hydrogens is 366 g/mol. The van der Waals surface area contributed by atoms with E-state index in [2.05, 4.69) is 50.1 Å². The summed E-state index contributed by atoms with van der Waals surface area (Å²) >= 11 is 0. The van der Waals surface area contributed by atoms with Crippen molar-refractivity contribution in [1.82, 2.24) is 9.80 Å². The Morgan fingerprint density at radius 2 is 1.31 bits per heavy atom. The highest BCUT2D eigenvalue weighted by molar-refractivity contribution is 6.28. The molecule has 0 unspecified atom stereocenters. The zero-order valence-electron chi connectivity index (χ0n) is 17.3. The van der Waals surface area contributed by atoms with Crippen molar-refractivity contribution in [2.24, 2.45) is 0 Å². The van der Waals surface area contributed by atoms with Crippen LogP contribution in [0, 0.1) is 0 Å². The molecule has 0 radical (unpaired) electrons. The fourth-order valence-corrected chi connectivity index (χ4v) is 3.72. The molecule has 1 saturated heterocycles. The van der Waals surface area contributed by atoms with E-state index >= 15 is 0 Å². The van der Waals surface area contributed by atoms with Crippen LogP contribution in [-0.2, 0) is 15.0 Å². The van der Waals surface area contributed by atoms with Gasteiger partial charge in [0.05, 0.1) is 0 Å². The van der Waals surface area contributed by atoms with Gasteiger partial charge in [-0.05, 0) is 23.8 Å². The molecule has 0 bridgehead atoms. The average Bonchev–Trinajstić information content (AvgIpc) is 2.90. The second kappa shape index (κ2) is 7.54. The molecule has 2 heterocycles. The monoisotopic (exact) mass is 391 g/mol. The number of imide groups is 2. The minimum atomic E-state index is -0.628. The maximum atomic E-state index is 12.1. The van der Waals surface area contributed by atoms with Crippen molar-refractivity contribution >= 4 is 23.5 Å². The molecule has 0 saturated carbocycles. The SMILES string of the molecule is CN1C(=O)C(=C/C=C/C=C/C=C2/N(C)c3ccccc3C2(C)C)C(=O)N(C)C1=O. The molecule has 0 aliphatic carbocycles. The maximum absolute atomic E-state index is 12.1. The van der Waals surface area contributed by atoms with Crippen LogP contribution in [0.5, 0.6) is 0 Å². The molecule has 6 nitrogen and oxygen atoms in total. The van der Waals surface area contributed by atoms with Crippen LogP contribution in [0.4, 0.5) is 10.5 Å². The first-order chi connectivity index (χ1) is 13.7. The van der Waals surface area contributed by atoms with Crippen molar-refractivity contribution < 1.29 is 14.4 Å². The van der Waals surface area contributed by atoms with Crippen LogP contribution >= 0.6 is 0 Å². The highest BCUT2D eigenvalue weighted by Gasteiger charge is 2.38. The predicted molar refractivity (Wildman–Crippen MR) is 113 cm³/mol. The summed E-state index contributed by atoms with van der Waals surface area (Å²) in [6.45, 7) is 4.40. The van der Waals surface area contributed by atoms with Crippen LogP contribution in [0.15, 0.2) is 72.0 Å². The number of hydrogen-bond donors (Lipinski definition) is 0. The Hall–Kier alpha value is -3.41. The predicted octanol–water partition coefficient (Wildman–Crippen LogP) is 3.39. The van der Waals surface area contributed by atoms with Gasteiger partial charge in [0.15, 0.2) is 0 Å². The van der Waals surface area contributed by atoms with E-state index in [1.807, 2.05) is 18.2 Å². The van der Waals surface area contributed by atoms with Gasteiger partial charge in [-0.3, -0.25) is 19.4 Å². The normalized spacial score (nSPS) is 20.6. The van der Waals surface area contributed by atoms with Gasteiger partial charge in [-0.2, -0.15) is 0 Å². The Balaban J connectivity index is 1.75. The minimum absolute atomic E-state index is 0.0373. The van der Waals surface area contributed by atoms with E-state index in [-0.39, 0.29) is 11.0 Å². The van der Waals surface area contributed by atoms with E-state index in [4.69, 9.17) is 0 Å². The second-order valence-corrected chi connectivity index (χ2v) is 7.61. The van der Waals surface area contributed by atoms with Crippen LogP contribution < -0.4 is 4.90 Å². The molecule has 2 aliphatic heterocycles. The molecule has 0 spiro atoms. The van der Waals surface area contributed by atoms with Crippen molar-refractivity contribution in [3.05, 3.63) is 77.6 Å². The summed E-state index contributed by atoms with van der Waals surface area (Å²) in [7, 11) is 4.77. The third-order valence-electron chi connectivity index (χ3n) is 5.43. The molecule has 1 aromatic rings. The molecule has 1 fully saturated rings. The number of benzene rings is 1. The lowest BCUT2D eigenvalue weighted by atomic mass is 9.84. The molecule has 3 rings (SSSR count). The van der Waals surface area contributed by atoms with Crippen molar-refractivity contribution in [3.8, 4) is 0 Å². The Morgan fingerprint density at radius 3 is 1.90 bits per heavy atom. The van der Waals surface area contributed by atoms with Gasteiger partial charge in [0.25, 0.3) is 11.8 Å². The molecule has 1 aromatic carbocycles. The number of fused-ring (bicyclic) bond motifs is 1. The number of anilines is 1. The zero-order chi connectivity index (χ0) is 21.3. The topological polar surface area (TPSA) is 60.9 Å². The van der Waals surface area contributed by atoms with Crippen molar-refractivity contribution in [1.29, 1.82) is 0 Å². The first-order valence-electron chi connectivity index (χ1n) is 9.37. The Labute approximate surface area is 171 Å². The number of hydrogen-bond acceptors (Lipinski definition) is 4. The number of amides is 4. The van der Waals surface area contributed by atoms with Crippen LogP contribution in [0.2, 0.25) is 0 Å². The highest BCUT2D eigenvalue weighted by Crippen LogP contribution is 2.46. The summed E-state index contributed by atoms with van der Waals surface area (Å²) in [6.07, 6.45) is 10.6. The van der Waals surface area contributed by atoms with Crippen molar-refractivity contribution in [2.45, 2.75) is 19.3 Å². The fraction of sp³-hybridized carbons (Fsp3) is 0.261. The zero-order valence-corrected chi connectivity index (χ0v) is 17.3. The number of barbiturate groups is 1. The molecule has 2 aliphatic rings. The first kappa shape index (κ1) is 20.3. The number of rotatable bonds is 3. The standard InChI is InChI=1S/C23H25N3O3/c1-23(2)17-13-10-11-14-18(17)24(3)19(23)15-9-7-6-8-12-16-20(27)25(4)22(29)26(5)21(16)28/h6-15H,1-5H3/b8-6+,9-7+,19-15+. The minimum Gasteiger partial charge on any atom is -0.347 e. The van der Waals surface area contributed by atoms with Gasteiger partial charge >= 0.3 is 6.03 Å². The quantitative estimate of drug-likeness (QED) is 0.450. The largest absolute Gasteiger partial charge is 0.347 e. The number of likely N-dealkylation sites (N-methyl/N-ethyl adjacent to an activating group) is 3. The molecule has 29 heavy (non-hydrogen) atoms. The lowest BCUT2D eigenvalue weighted by Crippen LogP contribution is -2.52. The van der Waals surface area contributed by atoms with E-state index in [1.165, 1.54) is 37.1 Å². The van der Waals surface area contributed by atoms with E-state index in [9.17, 15) is 14.4 Å². The smallest absolute Gasteiger partial charge is 0.333 e. The Kier molecular flexibility index (Phi) is 5.29. The van der Waals surface area contributed by atoms with Crippen molar-refractivity contribution in [3.63, 3.8) is 0 Å². The van der Waals surface area contributed by atoms with Crippen LogP contribution in [0.25, 0.3) is 0 Å². The van der Waals surface area contributed by atoms with Crippen LogP contribution in [-0.4, -0.2) is 48.8 Å². The summed E-state index contributed by atoms with van der Waals surface area (Å²) in [5, 5.41) is 0. The van der Waals surface area contributed by atoms with Gasteiger partial charge < -0.3 is 4.90 Å². The fourth-order valence-electron chi connectivity index (χ4n) is 3.72. The molecular formula is C23H25N3O3. The molecule has 4 amide bonds. The number of para-hydroxylation sites is 1. The van der Waals surface area contributed by atoms with E-state index in [0.29, 0.717) is 0 Å². The van der Waals surface area contributed by atoms with E-state index < -0.39 is 17.8 Å². The van der Waals surface area contributed by atoms with Gasteiger partial charge in [0.1, 0.15) is 5.57 Å². The average molecular weight is 391 g/mol. The summed E-state index contributed by atoms with van der Waals surface area (Å²) in [5.41, 5.74) is 3.55. The lowest BCUT2D eigenvalue weighted by molar-refractivity contribution is -0.134. The number of allylic oxidation sites excluding steroid dienone is 7. The third kappa shape index (κ3) is 3.42.